The van der Waals surface area contributed by atoms with E-state index in [0.29, 0.717) is 97.5 Å². The van der Waals surface area contributed by atoms with Crippen LogP contribution >= 0.6 is 0 Å². The van der Waals surface area contributed by atoms with Crippen LogP contribution in [0, 0.1) is 105 Å². The molecule has 542 valence electrons. The van der Waals surface area contributed by atoms with Crippen LogP contribution in [0.5, 0.6) is 0 Å². The average Bonchev–Trinajstić information content (AvgIpc) is 1.24. The van der Waals surface area contributed by atoms with Gasteiger partial charge in [-0.2, -0.15) is 15.8 Å². The van der Waals surface area contributed by atoms with Crippen molar-refractivity contribution in [2.45, 2.75) is 216 Å². The zero-order chi connectivity index (χ0) is 77.2. The quantitative estimate of drug-likeness (QED) is 0.0280. The fourth-order valence-electron chi connectivity index (χ4n) is 6.24. The zero-order valence-electron chi connectivity index (χ0n) is 64.4. The van der Waals surface area contributed by atoms with Gasteiger partial charge in [0.1, 0.15) is 18.2 Å². The van der Waals surface area contributed by atoms with Crippen LogP contribution < -0.4 is 0 Å². The lowest BCUT2D eigenvalue weighted by Crippen LogP contribution is -2.11. The van der Waals surface area contributed by atoms with Crippen molar-refractivity contribution >= 4 is 60.2 Å². The van der Waals surface area contributed by atoms with E-state index >= 15 is 0 Å². The molecule has 0 aliphatic heterocycles. The molecule has 0 amide bonds. The standard InChI is InChI=1S/C12H19NO.C11H17NO.2C10H19NO.C9H13NO.C7H12O.C7H10O.C6H12O2S.C5H10O2S/c1-9(2)6-11(14)10(8-13)7-12(3,4)5;1-8(2)5-10(7-12)11(13)6-9(3)4;2*1-9(2)8-10(12)6-5-7-11(3)4;1-4-8(6-10)9(11)5-7(2)3;2*1-4-7(8)5-6(2)3;1-4-9(7,8)5-6(2)3;1-4-8(6,7)5(2)3/h7,9H,6H2,1-5H3;5,8-9H,6H2,1-4H3;2*5-6,9H,7-8H2,1-4H3;4,7H,5H2,1-3H3;4,6H,1,5H2,2-3H3;1,6H,5H2,2-3H3;4,6H,1,5H2,2-3H3;4-5H,1H2,2-3H3/b10-7+;10-5+;2*6-5+;8-4+;;;;. The molecule has 0 spiro atoms. The molecule has 16 nitrogen and oxygen atoms in total. The van der Waals surface area contributed by atoms with Gasteiger partial charge in [0.05, 0.1) is 27.7 Å². The number of carbonyl (C=O) groups is 7. The third-order valence-corrected chi connectivity index (χ3v) is 13.9. The summed E-state index contributed by atoms with van der Waals surface area (Å²) >= 11 is 0. The molecule has 0 fully saturated rings. The summed E-state index contributed by atoms with van der Waals surface area (Å²) in [4.78, 5) is 81.3. The molecule has 0 atom stereocenters. The largest absolute Gasteiger partial charge is 0.306 e. The summed E-state index contributed by atoms with van der Waals surface area (Å²) in [5, 5.41) is 27.7. The van der Waals surface area contributed by atoms with Crippen molar-refractivity contribution in [2.24, 2.45) is 58.7 Å². The first-order valence-electron chi connectivity index (χ1n) is 32.6. The highest BCUT2D eigenvalue weighted by Crippen LogP contribution is 2.19. The number of hydrogen-bond acceptors (Lipinski definition) is 16. The second kappa shape index (κ2) is 63.5. The summed E-state index contributed by atoms with van der Waals surface area (Å²) in [6.07, 6.45) is 22.2. The smallest absolute Gasteiger partial charge is 0.205 e. The fourth-order valence-corrected chi connectivity index (χ4v) is 7.69. The number of allylic oxidation sites excluding steroid dienone is 9. The number of nitrogens with zero attached hydrogens (tertiary/aromatic N) is 5. The summed E-state index contributed by atoms with van der Waals surface area (Å²) in [5.74, 6) is 5.78. The molecule has 0 aromatic rings. The van der Waals surface area contributed by atoms with E-state index in [1.165, 1.54) is 6.08 Å². The normalized spacial score (nSPS) is 11.5. The van der Waals surface area contributed by atoms with Crippen LogP contribution in [0.25, 0.3) is 0 Å². The number of hydrogen-bond donors (Lipinski definition) is 0. The van der Waals surface area contributed by atoms with Crippen LogP contribution in [0.3, 0.4) is 0 Å². The van der Waals surface area contributed by atoms with E-state index in [-0.39, 0.29) is 74.3 Å². The van der Waals surface area contributed by atoms with Crippen molar-refractivity contribution in [3.63, 3.8) is 0 Å². The van der Waals surface area contributed by atoms with E-state index < -0.39 is 19.7 Å². The Kier molecular flexibility index (Phi) is 71.6. The number of Topliss-reactive ketones (excluding diaryl/α,β-unsaturated/α-hetero) is 4. The molecule has 0 unspecified atom stereocenters. The van der Waals surface area contributed by atoms with E-state index in [4.69, 9.17) is 22.2 Å². The Bertz CT molecular complexity index is 2760. The SMILES string of the molecule is C#CC(=O)CC(C)C.C/C=C(\C#N)C(=O)CC(C)C.C=CC(=O)CC(C)C.C=CS(=O)(=O)C(C)C.C=CS(=O)(=O)CC(C)C.CC(C)/C=C(\C#N)C(=O)CC(C)C.CC(C)CC(=O)/C(C#N)=C/C(C)(C)C.CC(C)CC(=O)/C=C/CN(C)C.CC(C)CC(=O)/C=C/CN(C)C. The van der Waals surface area contributed by atoms with Gasteiger partial charge < -0.3 is 9.80 Å². The van der Waals surface area contributed by atoms with Gasteiger partial charge in [0.25, 0.3) is 0 Å². The predicted molar refractivity (Wildman–Crippen MR) is 400 cm³/mol. The number of sulfone groups is 2. The third-order valence-electron chi connectivity index (χ3n) is 10.5. The Labute approximate surface area is 581 Å². The molecule has 0 saturated heterocycles. The molecule has 0 N–H and O–H groups in total. The van der Waals surface area contributed by atoms with Crippen LogP contribution in [0.4, 0.5) is 0 Å². The van der Waals surface area contributed by atoms with Gasteiger partial charge in [-0.1, -0.05) is 196 Å². The predicted octanol–water partition coefficient (Wildman–Crippen LogP) is 16.5. The minimum atomic E-state index is -2.97. The number of carbonyl (C=O) groups excluding carboxylic acids is 7. The molecule has 0 aliphatic carbocycles. The van der Waals surface area contributed by atoms with Crippen LogP contribution in [0.2, 0.25) is 0 Å². The van der Waals surface area contributed by atoms with Crippen molar-refractivity contribution in [3.05, 3.63) is 95.9 Å². The van der Waals surface area contributed by atoms with Gasteiger partial charge in [0.2, 0.25) is 5.78 Å². The second-order valence-corrected chi connectivity index (χ2v) is 32.4. The minimum Gasteiger partial charge on any atom is -0.306 e. The lowest BCUT2D eigenvalue weighted by molar-refractivity contribution is -0.116. The summed E-state index contributed by atoms with van der Waals surface area (Å²) in [7, 11) is 2.01. The molecular weight excluding hydrogens is 1240 g/mol. The van der Waals surface area contributed by atoms with Gasteiger partial charge in [-0.3, -0.25) is 33.6 Å². The third kappa shape index (κ3) is 91.7. The summed E-state index contributed by atoms with van der Waals surface area (Å²) in [6.45, 7) is 57.9. The second-order valence-electron chi connectivity index (χ2n) is 27.9. The van der Waals surface area contributed by atoms with Gasteiger partial charge in [0, 0.05) is 68.9 Å². The van der Waals surface area contributed by atoms with Gasteiger partial charge in [-0.15, -0.1) is 6.42 Å². The van der Waals surface area contributed by atoms with Crippen molar-refractivity contribution in [2.75, 3.05) is 47.0 Å². The Morgan fingerprint density at radius 3 is 0.968 bits per heavy atom. The van der Waals surface area contributed by atoms with E-state index in [9.17, 15) is 50.4 Å². The van der Waals surface area contributed by atoms with Crippen LogP contribution in [0.1, 0.15) is 211 Å². The van der Waals surface area contributed by atoms with Crippen molar-refractivity contribution in [3.8, 4) is 30.6 Å². The molecule has 18 heteroatoms. The van der Waals surface area contributed by atoms with Gasteiger partial charge in [0.15, 0.2) is 54.4 Å². The van der Waals surface area contributed by atoms with Crippen molar-refractivity contribution < 1.29 is 50.4 Å². The summed E-state index contributed by atoms with van der Waals surface area (Å²) in [5.41, 5.74) is 0.770. The average molecular weight is 1370 g/mol. The topological polar surface area (TPSA) is 266 Å². The Morgan fingerprint density at radius 2 is 0.789 bits per heavy atom. The van der Waals surface area contributed by atoms with Crippen molar-refractivity contribution in [1.29, 1.82) is 15.8 Å². The summed E-state index contributed by atoms with van der Waals surface area (Å²) in [6, 6.07) is 5.79. The maximum absolute atomic E-state index is 11.6. The molecule has 0 radical (unpaired) electrons. The number of likely N-dealkylation sites (N-methyl/N-ethyl adjacent to an activating group) is 2. The fraction of sp³-hybridized carbons (Fsp3) is 0.636. The van der Waals surface area contributed by atoms with Gasteiger partial charge >= 0.3 is 0 Å². The number of terminal acetylenes is 1. The molecule has 0 bridgehead atoms. The highest BCUT2D eigenvalue weighted by atomic mass is 32.2. The van der Waals surface area contributed by atoms with Crippen LogP contribution in [-0.2, 0) is 53.2 Å². The molecule has 0 rings (SSSR count). The molecule has 0 heterocycles. The molecule has 0 saturated carbocycles. The van der Waals surface area contributed by atoms with Gasteiger partial charge in [-0.05, 0) is 132 Å². The molecule has 95 heavy (non-hydrogen) atoms. The number of nitriles is 3. The van der Waals surface area contributed by atoms with Crippen molar-refractivity contribution in [1.82, 2.24) is 9.80 Å². The van der Waals surface area contributed by atoms with Gasteiger partial charge in [-0.25, -0.2) is 16.8 Å². The molecule has 0 aromatic heterocycles. The van der Waals surface area contributed by atoms with E-state index in [1.807, 2.05) is 186 Å². The van der Waals surface area contributed by atoms with E-state index in [2.05, 4.69) is 53.4 Å². The van der Waals surface area contributed by atoms with E-state index in [1.54, 1.807) is 51.2 Å². The monoisotopic (exact) mass is 1370 g/mol. The first-order chi connectivity index (χ1) is 43.2. The first-order valence-corrected chi connectivity index (χ1v) is 36.0. The lowest BCUT2D eigenvalue weighted by Gasteiger charge is -2.12. The molecule has 0 aliphatic rings. The van der Waals surface area contributed by atoms with Crippen LogP contribution in [0.15, 0.2) is 95.9 Å². The Morgan fingerprint density at radius 1 is 0.474 bits per heavy atom. The number of ketones is 7. The first kappa shape index (κ1) is 107. The molecule has 0 aromatic carbocycles. The highest BCUT2D eigenvalue weighted by Gasteiger charge is 2.16. The molecular formula is C77H131N5O11S2. The highest BCUT2D eigenvalue weighted by molar-refractivity contribution is 7.94. The minimum absolute atomic E-state index is 0.0359. The zero-order valence-corrected chi connectivity index (χ0v) is 66.0. The maximum atomic E-state index is 11.6. The summed E-state index contributed by atoms with van der Waals surface area (Å²) < 4.78 is 42.5. The Balaban J connectivity index is -0.000000126. The van der Waals surface area contributed by atoms with Crippen LogP contribution in [-0.4, -0.2) is 119 Å². The van der Waals surface area contributed by atoms with E-state index in [0.717, 1.165) is 23.9 Å². The maximum Gasteiger partial charge on any atom is 0.205 e. The lowest BCUT2D eigenvalue weighted by atomic mass is 9.91. The Hall–Kier alpha value is -6.54. The number of rotatable bonds is 30.